The number of nitrogens with one attached hydrogen (secondary N) is 1. The summed E-state index contributed by atoms with van der Waals surface area (Å²) in [5, 5.41) is 2.24. The van der Waals surface area contributed by atoms with Gasteiger partial charge in [0.05, 0.1) is 21.7 Å². The Hall–Kier alpha value is -0.920. The number of benzene rings is 1. The normalized spacial score (nSPS) is 23.5. The minimum Gasteiger partial charge on any atom is -0.312 e. The van der Waals surface area contributed by atoms with E-state index in [0.717, 1.165) is 12.0 Å². The molecule has 1 saturated heterocycles. The van der Waals surface area contributed by atoms with E-state index in [1.165, 1.54) is 0 Å². The van der Waals surface area contributed by atoms with Crippen LogP contribution in [-0.2, 0) is 25.1 Å². The molecule has 0 bridgehead atoms. The van der Waals surface area contributed by atoms with Crippen molar-refractivity contribution in [1.29, 1.82) is 0 Å². The lowest BCUT2D eigenvalue weighted by atomic mass is 9.87. The maximum absolute atomic E-state index is 13.1. The van der Waals surface area contributed by atoms with Gasteiger partial charge in [-0.25, -0.2) is 16.8 Å². The molecule has 2 rings (SSSR count). The van der Waals surface area contributed by atoms with Gasteiger partial charge in [0.1, 0.15) is 0 Å². The number of sulfone groups is 2. The van der Waals surface area contributed by atoms with Crippen molar-refractivity contribution in [1.82, 2.24) is 5.32 Å². The molecule has 1 fully saturated rings. The van der Waals surface area contributed by atoms with E-state index in [4.69, 9.17) is 0 Å². The third-order valence-electron chi connectivity index (χ3n) is 4.88. The Labute approximate surface area is 158 Å². The minimum absolute atomic E-state index is 0.0695. The third kappa shape index (κ3) is 5.08. The van der Waals surface area contributed by atoms with Crippen molar-refractivity contribution in [3.63, 3.8) is 0 Å². The average molecular weight is 402 g/mol. The molecule has 0 spiro atoms. The van der Waals surface area contributed by atoms with Crippen LogP contribution in [0.1, 0.15) is 46.6 Å². The molecule has 0 amide bonds. The van der Waals surface area contributed by atoms with Gasteiger partial charge in [-0.05, 0) is 42.0 Å². The first kappa shape index (κ1) is 21.4. The predicted octanol–water partition coefficient (Wildman–Crippen LogP) is 2.56. The van der Waals surface area contributed by atoms with E-state index >= 15 is 0 Å². The van der Waals surface area contributed by atoms with Crippen LogP contribution in [0.4, 0.5) is 0 Å². The molecule has 148 valence electrons. The van der Waals surface area contributed by atoms with Crippen LogP contribution in [0.3, 0.4) is 0 Å². The second-order valence-corrected chi connectivity index (χ2v) is 13.0. The molecular weight excluding hydrogens is 370 g/mol. The molecule has 2 atom stereocenters. The Bertz CT molecular complexity index is 819. The van der Waals surface area contributed by atoms with Crippen molar-refractivity contribution in [3.8, 4) is 0 Å². The van der Waals surface area contributed by atoms with Gasteiger partial charge in [0.15, 0.2) is 19.7 Å². The Morgan fingerprint density at radius 2 is 1.69 bits per heavy atom. The Morgan fingerprint density at radius 3 is 2.19 bits per heavy atom. The minimum atomic E-state index is -3.71. The van der Waals surface area contributed by atoms with Gasteiger partial charge in [-0.2, -0.15) is 0 Å². The van der Waals surface area contributed by atoms with Crippen LogP contribution in [0.25, 0.3) is 0 Å². The first-order valence-electron chi connectivity index (χ1n) is 9.11. The molecule has 0 unspecified atom stereocenters. The van der Waals surface area contributed by atoms with Gasteiger partial charge in [0.2, 0.25) is 0 Å². The Morgan fingerprint density at radius 1 is 1.12 bits per heavy atom. The Balaban J connectivity index is 2.27. The van der Waals surface area contributed by atoms with E-state index in [0.29, 0.717) is 12.5 Å². The highest BCUT2D eigenvalue weighted by Gasteiger charge is 2.45. The van der Waals surface area contributed by atoms with Crippen molar-refractivity contribution < 1.29 is 16.8 Å². The second-order valence-electron chi connectivity index (χ2n) is 8.68. The summed E-state index contributed by atoms with van der Waals surface area (Å²) in [7, 11) is -7.07. The SMILES string of the molecule is CC(C)CCN[C@H]1CS(=O)(=O)C[C@@H]1S(=O)(=O)c1ccc(C(C)(C)C)cc1. The van der Waals surface area contributed by atoms with Crippen LogP contribution in [0.5, 0.6) is 0 Å². The van der Waals surface area contributed by atoms with Crippen LogP contribution in [0, 0.1) is 5.92 Å². The van der Waals surface area contributed by atoms with E-state index in [-0.39, 0.29) is 21.8 Å². The first-order chi connectivity index (χ1) is 11.8. The van der Waals surface area contributed by atoms with Gasteiger partial charge in [0.25, 0.3) is 0 Å². The number of rotatable bonds is 6. The molecule has 5 nitrogen and oxygen atoms in total. The summed E-state index contributed by atoms with van der Waals surface area (Å²) < 4.78 is 50.4. The molecule has 0 radical (unpaired) electrons. The van der Waals surface area contributed by atoms with E-state index < -0.39 is 31.0 Å². The smallest absolute Gasteiger partial charge is 0.183 e. The van der Waals surface area contributed by atoms with Crippen LogP contribution in [0.2, 0.25) is 0 Å². The van der Waals surface area contributed by atoms with Gasteiger partial charge in [0, 0.05) is 6.04 Å². The van der Waals surface area contributed by atoms with Crippen LogP contribution >= 0.6 is 0 Å². The van der Waals surface area contributed by atoms with Crippen molar-refractivity contribution in [2.24, 2.45) is 5.92 Å². The highest BCUT2D eigenvalue weighted by atomic mass is 32.2. The number of hydrogen-bond acceptors (Lipinski definition) is 5. The van der Waals surface area contributed by atoms with Crippen LogP contribution in [0.15, 0.2) is 29.2 Å². The predicted molar refractivity (Wildman–Crippen MR) is 106 cm³/mol. The van der Waals surface area contributed by atoms with E-state index in [2.05, 4.69) is 39.9 Å². The van der Waals surface area contributed by atoms with Gasteiger partial charge >= 0.3 is 0 Å². The lowest BCUT2D eigenvalue weighted by Crippen LogP contribution is -2.43. The zero-order valence-corrected chi connectivity index (χ0v) is 18.0. The molecule has 1 N–H and O–H groups in total. The maximum Gasteiger partial charge on any atom is 0.183 e. The number of hydrogen-bond donors (Lipinski definition) is 1. The highest BCUT2D eigenvalue weighted by molar-refractivity contribution is 7.96. The topological polar surface area (TPSA) is 80.3 Å². The highest BCUT2D eigenvalue weighted by Crippen LogP contribution is 2.28. The summed E-state index contributed by atoms with van der Waals surface area (Å²) in [6.45, 7) is 11.0. The molecule has 0 saturated carbocycles. The van der Waals surface area contributed by atoms with E-state index in [1.807, 2.05) is 12.1 Å². The standard InChI is InChI=1S/C19H31NO4S2/c1-14(2)10-11-20-17-12-25(21,22)13-18(17)26(23,24)16-8-6-15(7-9-16)19(3,4)5/h6-9,14,17-18,20H,10-13H2,1-5H3/t17-,18-/m0/s1. The monoisotopic (exact) mass is 401 g/mol. The van der Waals surface area contributed by atoms with Crippen molar-refractivity contribution in [2.75, 3.05) is 18.1 Å². The molecule has 1 aliphatic heterocycles. The van der Waals surface area contributed by atoms with Crippen molar-refractivity contribution >= 4 is 19.7 Å². The van der Waals surface area contributed by atoms with Gasteiger partial charge in [-0.3, -0.25) is 0 Å². The van der Waals surface area contributed by atoms with Crippen LogP contribution in [-0.4, -0.2) is 46.2 Å². The zero-order valence-electron chi connectivity index (χ0n) is 16.3. The van der Waals surface area contributed by atoms with Gasteiger partial charge < -0.3 is 5.32 Å². The first-order valence-corrected chi connectivity index (χ1v) is 12.5. The van der Waals surface area contributed by atoms with Crippen molar-refractivity contribution in [3.05, 3.63) is 29.8 Å². The molecule has 26 heavy (non-hydrogen) atoms. The summed E-state index contributed by atoms with van der Waals surface area (Å²) in [5.74, 6) is 0.0469. The fourth-order valence-electron chi connectivity index (χ4n) is 3.19. The maximum atomic E-state index is 13.1. The quantitative estimate of drug-likeness (QED) is 0.792. The molecule has 7 heteroatoms. The molecule has 1 aromatic rings. The van der Waals surface area contributed by atoms with Crippen molar-refractivity contribution in [2.45, 2.75) is 62.6 Å². The molecule has 1 heterocycles. The van der Waals surface area contributed by atoms with E-state index in [1.54, 1.807) is 12.1 Å². The molecule has 1 aliphatic rings. The largest absolute Gasteiger partial charge is 0.312 e. The fraction of sp³-hybridized carbons (Fsp3) is 0.684. The summed E-state index contributed by atoms with van der Waals surface area (Å²) in [6, 6.07) is 6.29. The molecule has 0 aromatic heterocycles. The molecule has 0 aliphatic carbocycles. The second kappa shape index (κ2) is 7.60. The molecule has 1 aromatic carbocycles. The van der Waals surface area contributed by atoms with Gasteiger partial charge in [-0.15, -0.1) is 0 Å². The Kier molecular flexibility index (Phi) is 6.25. The third-order valence-corrected chi connectivity index (χ3v) is 9.04. The van der Waals surface area contributed by atoms with Crippen LogP contribution < -0.4 is 5.32 Å². The fourth-order valence-corrected chi connectivity index (χ4v) is 7.91. The van der Waals surface area contributed by atoms with Gasteiger partial charge in [-0.1, -0.05) is 46.8 Å². The summed E-state index contributed by atoms with van der Waals surface area (Å²) in [4.78, 5) is 0.197. The average Bonchev–Trinajstić information content (AvgIpc) is 2.82. The summed E-state index contributed by atoms with van der Waals surface area (Å²) in [6.07, 6.45) is 0.879. The lowest BCUT2D eigenvalue weighted by molar-refractivity contribution is 0.483. The van der Waals surface area contributed by atoms with E-state index in [9.17, 15) is 16.8 Å². The summed E-state index contributed by atoms with van der Waals surface area (Å²) in [5.41, 5.74) is 0.974. The summed E-state index contributed by atoms with van der Waals surface area (Å²) >= 11 is 0. The molecular formula is C19H31NO4S2. The zero-order chi connectivity index (χ0) is 19.8. The lowest BCUT2D eigenvalue weighted by Gasteiger charge is -2.22.